The molecule has 0 aliphatic carbocycles. The summed E-state index contributed by atoms with van der Waals surface area (Å²) in [5.74, 6) is -0.699. The monoisotopic (exact) mass is 358 g/mol. The van der Waals surface area contributed by atoms with Crippen LogP contribution in [0.3, 0.4) is 0 Å². The highest BCUT2D eigenvalue weighted by Crippen LogP contribution is 2.43. The van der Waals surface area contributed by atoms with E-state index >= 15 is 0 Å². The molecule has 2 aromatic carbocycles. The molecule has 8 nitrogen and oxygen atoms in total. The second kappa shape index (κ2) is 6.91. The molecule has 1 aliphatic heterocycles. The van der Waals surface area contributed by atoms with Gasteiger partial charge in [0.15, 0.2) is 11.5 Å². The summed E-state index contributed by atoms with van der Waals surface area (Å²) in [6.45, 7) is 2.18. The number of benzene rings is 2. The summed E-state index contributed by atoms with van der Waals surface area (Å²) in [5, 5.41) is 31.4. The van der Waals surface area contributed by atoms with Gasteiger partial charge in [-0.1, -0.05) is 18.2 Å². The number of hydrogen-bond acceptors (Lipinski definition) is 6. The summed E-state index contributed by atoms with van der Waals surface area (Å²) in [6, 6.07) is 8.10. The van der Waals surface area contributed by atoms with Gasteiger partial charge in [-0.05, 0) is 30.5 Å². The molecule has 1 aliphatic rings. The molecule has 0 bridgehead atoms. The van der Waals surface area contributed by atoms with Crippen molar-refractivity contribution in [2.75, 3.05) is 13.2 Å². The van der Waals surface area contributed by atoms with Crippen LogP contribution in [0.25, 0.3) is 0 Å². The van der Waals surface area contributed by atoms with E-state index in [-0.39, 0.29) is 29.4 Å². The third-order valence-corrected chi connectivity index (χ3v) is 4.41. The van der Waals surface area contributed by atoms with Gasteiger partial charge in [0.25, 0.3) is 5.69 Å². The van der Waals surface area contributed by atoms with Gasteiger partial charge < -0.3 is 14.9 Å². The molecule has 2 aromatic rings. The number of hydrogen-bond donors (Lipinski definition) is 2. The van der Waals surface area contributed by atoms with E-state index in [0.29, 0.717) is 18.5 Å². The number of aromatic hydroxyl groups is 2. The van der Waals surface area contributed by atoms with Crippen molar-refractivity contribution in [2.45, 2.75) is 19.4 Å². The third-order valence-electron chi connectivity index (χ3n) is 4.41. The standard InChI is InChI=1S/C18H18N2O6/c1-2-26-18(23)19-9-8-11-6-7-12(20(24)25)10-14(11)16(19)13-4-3-5-15(21)17(13)22/h3-7,10,16,21-22H,2,8-9H2,1H3. The van der Waals surface area contributed by atoms with E-state index in [1.807, 2.05) is 0 Å². The maximum atomic E-state index is 12.4. The molecule has 0 saturated heterocycles. The van der Waals surface area contributed by atoms with Gasteiger partial charge in [-0.15, -0.1) is 0 Å². The van der Waals surface area contributed by atoms with Crippen molar-refractivity contribution in [3.05, 3.63) is 63.2 Å². The van der Waals surface area contributed by atoms with Gasteiger partial charge in [-0.3, -0.25) is 15.0 Å². The molecule has 0 fully saturated rings. The smallest absolute Gasteiger partial charge is 0.410 e. The summed E-state index contributed by atoms with van der Waals surface area (Å²) in [4.78, 5) is 24.5. The number of non-ortho nitro benzene ring substituents is 1. The van der Waals surface area contributed by atoms with E-state index in [1.54, 1.807) is 25.1 Å². The average molecular weight is 358 g/mol. The van der Waals surface area contributed by atoms with Crippen LogP contribution in [0.4, 0.5) is 10.5 Å². The van der Waals surface area contributed by atoms with Crippen molar-refractivity contribution in [1.82, 2.24) is 4.90 Å². The number of para-hydroxylation sites is 1. The Morgan fingerprint density at radius 1 is 1.31 bits per heavy atom. The molecular weight excluding hydrogens is 340 g/mol. The molecule has 0 aromatic heterocycles. The van der Waals surface area contributed by atoms with Crippen LogP contribution in [0.2, 0.25) is 0 Å². The van der Waals surface area contributed by atoms with Crippen LogP contribution in [-0.2, 0) is 11.2 Å². The Bertz CT molecular complexity index is 867. The lowest BCUT2D eigenvalue weighted by Crippen LogP contribution is -2.41. The van der Waals surface area contributed by atoms with Crippen LogP contribution in [0.1, 0.15) is 29.7 Å². The Balaban J connectivity index is 2.19. The van der Waals surface area contributed by atoms with E-state index in [0.717, 1.165) is 5.56 Å². The summed E-state index contributed by atoms with van der Waals surface area (Å²) in [5.41, 5.74) is 1.53. The zero-order valence-electron chi connectivity index (χ0n) is 14.1. The van der Waals surface area contributed by atoms with Crippen molar-refractivity contribution >= 4 is 11.8 Å². The molecule has 8 heteroatoms. The number of carbonyl (C=O) groups excluding carboxylic acids is 1. The van der Waals surface area contributed by atoms with Crippen LogP contribution in [-0.4, -0.2) is 39.3 Å². The molecule has 3 rings (SSSR count). The Labute approximate surface area is 149 Å². The molecule has 0 saturated carbocycles. The van der Waals surface area contributed by atoms with Gasteiger partial charge in [-0.25, -0.2) is 4.79 Å². The predicted octanol–water partition coefficient (Wildman–Crippen LogP) is 3.11. The van der Waals surface area contributed by atoms with E-state index in [1.165, 1.54) is 23.1 Å². The fourth-order valence-corrected chi connectivity index (χ4v) is 3.22. The minimum atomic E-state index is -0.801. The van der Waals surface area contributed by atoms with Gasteiger partial charge in [0, 0.05) is 24.2 Å². The number of ether oxygens (including phenoxy) is 1. The summed E-state index contributed by atoms with van der Waals surface area (Å²) in [6.07, 6.45) is -0.0835. The Hall–Kier alpha value is -3.29. The maximum absolute atomic E-state index is 12.4. The van der Waals surface area contributed by atoms with Gasteiger partial charge in [0.05, 0.1) is 17.6 Å². The fraction of sp³-hybridized carbons (Fsp3) is 0.278. The number of carbonyl (C=O) groups is 1. The second-order valence-corrected chi connectivity index (χ2v) is 5.90. The number of nitrogens with zero attached hydrogens (tertiary/aromatic N) is 2. The SMILES string of the molecule is CCOC(=O)N1CCc2ccc([N+](=O)[O-])cc2C1c1cccc(O)c1O. The van der Waals surface area contributed by atoms with E-state index in [9.17, 15) is 25.1 Å². The number of phenols is 2. The molecule has 0 spiro atoms. The molecule has 1 heterocycles. The molecule has 1 atom stereocenters. The molecule has 0 radical (unpaired) electrons. The molecule has 136 valence electrons. The number of amides is 1. The lowest BCUT2D eigenvalue weighted by Gasteiger charge is -2.37. The highest BCUT2D eigenvalue weighted by Gasteiger charge is 2.36. The predicted molar refractivity (Wildman–Crippen MR) is 92.1 cm³/mol. The minimum Gasteiger partial charge on any atom is -0.504 e. The van der Waals surface area contributed by atoms with Crippen LogP contribution in [0.5, 0.6) is 11.5 Å². The van der Waals surface area contributed by atoms with Gasteiger partial charge >= 0.3 is 6.09 Å². The largest absolute Gasteiger partial charge is 0.504 e. The minimum absolute atomic E-state index is 0.112. The highest BCUT2D eigenvalue weighted by molar-refractivity contribution is 5.71. The number of phenolic OH excluding ortho intramolecular Hbond substituents is 2. The van der Waals surface area contributed by atoms with Crippen LogP contribution >= 0.6 is 0 Å². The first-order valence-corrected chi connectivity index (χ1v) is 8.15. The Morgan fingerprint density at radius 3 is 2.77 bits per heavy atom. The summed E-state index contributed by atoms with van der Waals surface area (Å²) in [7, 11) is 0. The molecule has 1 unspecified atom stereocenters. The van der Waals surface area contributed by atoms with Crippen molar-refractivity contribution in [3.63, 3.8) is 0 Å². The molecule has 2 N–H and O–H groups in total. The number of rotatable bonds is 3. The van der Waals surface area contributed by atoms with E-state index in [2.05, 4.69) is 0 Å². The Morgan fingerprint density at radius 2 is 2.08 bits per heavy atom. The lowest BCUT2D eigenvalue weighted by molar-refractivity contribution is -0.385. The van der Waals surface area contributed by atoms with E-state index in [4.69, 9.17) is 4.74 Å². The summed E-state index contributed by atoms with van der Waals surface area (Å²) >= 11 is 0. The number of nitro groups is 1. The van der Waals surface area contributed by atoms with Gasteiger partial charge in [0.1, 0.15) is 0 Å². The highest BCUT2D eigenvalue weighted by atomic mass is 16.6. The van der Waals surface area contributed by atoms with Crippen molar-refractivity contribution < 1.29 is 24.7 Å². The third kappa shape index (κ3) is 3.01. The first kappa shape index (κ1) is 17.5. The van der Waals surface area contributed by atoms with Crippen LogP contribution in [0.15, 0.2) is 36.4 Å². The number of nitro benzene ring substituents is 1. The Kier molecular flexibility index (Phi) is 4.66. The zero-order valence-corrected chi connectivity index (χ0v) is 14.1. The van der Waals surface area contributed by atoms with Crippen molar-refractivity contribution in [1.29, 1.82) is 0 Å². The maximum Gasteiger partial charge on any atom is 0.410 e. The topological polar surface area (TPSA) is 113 Å². The normalized spacial score (nSPS) is 16.0. The van der Waals surface area contributed by atoms with Gasteiger partial charge in [-0.2, -0.15) is 0 Å². The molecule has 26 heavy (non-hydrogen) atoms. The zero-order chi connectivity index (χ0) is 18.8. The van der Waals surface area contributed by atoms with E-state index < -0.39 is 17.1 Å². The summed E-state index contributed by atoms with van der Waals surface area (Å²) < 4.78 is 5.10. The first-order valence-electron chi connectivity index (χ1n) is 8.15. The van der Waals surface area contributed by atoms with Crippen LogP contribution < -0.4 is 0 Å². The second-order valence-electron chi connectivity index (χ2n) is 5.90. The average Bonchev–Trinajstić information content (AvgIpc) is 2.63. The number of fused-ring (bicyclic) bond motifs is 1. The quantitative estimate of drug-likeness (QED) is 0.495. The van der Waals surface area contributed by atoms with Crippen LogP contribution in [0, 0.1) is 10.1 Å². The van der Waals surface area contributed by atoms with Crippen molar-refractivity contribution in [2.24, 2.45) is 0 Å². The molecule has 1 amide bonds. The lowest BCUT2D eigenvalue weighted by atomic mass is 9.87. The van der Waals surface area contributed by atoms with Crippen molar-refractivity contribution in [3.8, 4) is 11.5 Å². The fourth-order valence-electron chi connectivity index (χ4n) is 3.22. The molecular formula is C18H18N2O6. The first-order chi connectivity index (χ1) is 12.4. The van der Waals surface area contributed by atoms with Gasteiger partial charge in [0.2, 0.25) is 0 Å².